The number of carbonyl (C=O) groups is 1. The van der Waals surface area contributed by atoms with Crippen LogP contribution in [0.3, 0.4) is 0 Å². The number of nitrogens with zero attached hydrogens (tertiary/aromatic N) is 2. The summed E-state index contributed by atoms with van der Waals surface area (Å²) < 4.78 is 11.3. The number of anilines is 1. The molecule has 0 spiro atoms. The van der Waals surface area contributed by atoms with Gasteiger partial charge in [-0.15, -0.1) is 0 Å². The second-order valence-corrected chi connectivity index (χ2v) is 6.57. The number of aromatic nitrogens is 1. The maximum absolute atomic E-state index is 13.1. The van der Waals surface area contributed by atoms with Crippen LogP contribution in [0, 0.1) is 0 Å². The fraction of sp³-hybridized carbons (Fsp3) is 0.182. The van der Waals surface area contributed by atoms with E-state index in [-0.39, 0.29) is 5.91 Å². The van der Waals surface area contributed by atoms with Gasteiger partial charge in [0.2, 0.25) is 6.10 Å². The van der Waals surface area contributed by atoms with Gasteiger partial charge in [-0.25, -0.2) is 0 Å². The van der Waals surface area contributed by atoms with Crippen LogP contribution < -0.4 is 14.4 Å². The molecule has 1 aromatic heterocycles. The fourth-order valence-electron chi connectivity index (χ4n) is 3.53. The normalized spacial score (nSPS) is 21.5. The summed E-state index contributed by atoms with van der Waals surface area (Å²) >= 11 is 0. The maximum atomic E-state index is 13.1. The number of benzene rings is 2. The molecule has 1 amide bonds. The quantitative estimate of drug-likeness (QED) is 0.650. The van der Waals surface area contributed by atoms with Gasteiger partial charge in [0.25, 0.3) is 5.91 Å². The lowest BCUT2D eigenvalue weighted by Crippen LogP contribution is -2.73. The van der Waals surface area contributed by atoms with E-state index < -0.39 is 11.6 Å². The molecule has 0 aliphatic carbocycles. The zero-order valence-electron chi connectivity index (χ0n) is 15.2. The number of rotatable bonds is 5. The highest BCUT2D eigenvalue weighted by atomic mass is 16.5. The highest BCUT2D eigenvalue weighted by Gasteiger charge is 2.60. The van der Waals surface area contributed by atoms with E-state index in [4.69, 9.17) is 9.47 Å². The highest BCUT2D eigenvalue weighted by molar-refractivity contribution is 6.07. The van der Waals surface area contributed by atoms with Gasteiger partial charge in [0.1, 0.15) is 17.0 Å². The Labute approximate surface area is 158 Å². The summed E-state index contributed by atoms with van der Waals surface area (Å²) in [4.78, 5) is 18.9. The number of ether oxygens (including phenoxy) is 2. The predicted octanol–water partition coefficient (Wildman–Crippen LogP) is 3.80. The third kappa shape index (κ3) is 2.81. The molecule has 3 aromatic rings. The van der Waals surface area contributed by atoms with Crippen molar-refractivity contribution in [3.63, 3.8) is 0 Å². The molecule has 1 saturated heterocycles. The first kappa shape index (κ1) is 17.1. The van der Waals surface area contributed by atoms with Crippen molar-refractivity contribution in [2.75, 3.05) is 12.0 Å². The van der Waals surface area contributed by atoms with Gasteiger partial charge in [-0.05, 0) is 61.0 Å². The third-order valence-corrected chi connectivity index (χ3v) is 5.01. The second kappa shape index (κ2) is 6.76. The summed E-state index contributed by atoms with van der Waals surface area (Å²) in [5, 5.41) is 0. The van der Waals surface area contributed by atoms with Gasteiger partial charge in [0, 0.05) is 18.1 Å². The van der Waals surface area contributed by atoms with Crippen LogP contribution >= 0.6 is 0 Å². The monoisotopic (exact) mass is 360 g/mol. The molecule has 2 aromatic carbocycles. The number of hydrogen-bond acceptors (Lipinski definition) is 4. The maximum Gasteiger partial charge on any atom is 0.271 e. The van der Waals surface area contributed by atoms with Gasteiger partial charge in [0.05, 0.1) is 7.11 Å². The highest BCUT2D eigenvalue weighted by Crippen LogP contribution is 2.46. The molecule has 1 fully saturated rings. The summed E-state index contributed by atoms with van der Waals surface area (Å²) in [5.41, 5.74) is 1.12. The largest absolute Gasteiger partial charge is 0.497 e. The molecule has 1 aliphatic rings. The summed E-state index contributed by atoms with van der Waals surface area (Å²) in [5.74, 6) is 1.34. The number of β-lactam (4-membered cyclic amide) rings is 1. The van der Waals surface area contributed by atoms with Crippen LogP contribution in [-0.4, -0.2) is 24.1 Å². The minimum absolute atomic E-state index is 0.0802. The number of hydrogen-bond donors (Lipinski definition) is 0. The van der Waals surface area contributed by atoms with Crippen LogP contribution in [0.2, 0.25) is 0 Å². The Morgan fingerprint density at radius 1 is 0.926 bits per heavy atom. The van der Waals surface area contributed by atoms with E-state index in [0.29, 0.717) is 5.75 Å². The van der Waals surface area contributed by atoms with Crippen LogP contribution in [0.25, 0.3) is 0 Å². The summed E-state index contributed by atoms with van der Waals surface area (Å²) in [7, 11) is 1.62. The first-order valence-corrected chi connectivity index (χ1v) is 8.75. The summed E-state index contributed by atoms with van der Waals surface area (Å²) in [6, 6.07) is 20.7. The van der Waals surface area contributed by atoms with Crippen molar-refractivity contribution < 1.29 is 14.3 Å². The van der Waals surface area contributed by atoms with Crippen molar-refractivity contribution in [1.82, 2.24) is 4.98 Å². The van der Waals surface area contributed by atoms with E-state index in [2.05, 4.69) is 4.98 Å². The molecular formula is C22H20N2O3. The van der Waals surface area contributed by atoms with Crippen LogP contribution in [0.15, 0.2) is 79.1 Å². The topological polar surface area (TPSA) is 51.7 Å². The van der Waals surface area contributed by atoms with E-state index in [1.165, 1.54) is 0 Å². The van der Waals surface area contributed by atoms with E-state index in [9.17, 15) is 4.79 Å². The van der Waals surface area contributed by atoms with Crippen molar-refractivity contribution in [2.24, 2.45) is 0 Å². The van der Waals surface area contributed by atoms with Crippen LogP contribution in [0.4, 0.5) is 5.69 Å². The average molecular weight is 360 g/mol. The van der Waals surface area contributed by atoms with E-state index >= 15 is 0 Å². The zero-order valence-corrected chi connectivity index (χ0v) is 15.2. The molecule has 0 saturated carbocycles. The number of amides is 1. The van der Waals surface area contributed by atoms with Gasteiger partial charge < -0.3 is 9.47 Å². The van der Waals surface area contributed by atoms with Crippen molar-refractivity contribution in [1.29, 1.82) is 0 Å². The molecule has 4 rings (SSSR count). The summed E-state index contributed by atoms with van der Waals surface area (Å²) in [6.45, 7) is 2.02. The molecule has 5 nitrogen and oxygen atoms in total. The molecular weight excluding hydrogens is 340 g/mol. The second-order valence-electron chi connectivity index (χ2n) is 6.57. The minimum Gasteiger partial charge on any atom is -0.497 e. The van der Waals surface area contributed by atoms with E-state index in [0.717, 1.165) is 17.0 Å². The molecule has 5 heteroatoms. The van der Waals surface area contributed by atoms with Crippen LogP contribution in [0.1, 0.15) is 12.5 Å². The van der Waals surface area contributed by atoms with Crippen LogP contribution in [-0.2, 0) is 10.3 Å². The molecule has 27 heavy (non-hydrogen) atoms. The Morgan fingerprint density at radius 2 is 1.59 bits per heavy atom. The lowest BCUT2D eigenvalue weighted by atomic mass is 9.76. The molecule has 2 unspecified atom stereocenters. The van der Waals surface area contributed by atoms with Crippen molar-refractivity contribution in [3.05, 3.63) is 84.7 Å². The lowest BCUT2D eigenvalue weighted by molar-refractivity contribution is -0.140. The zero-order chi connectivity index (χ0) is 18.9. The third-order valence-electron chi connectivity index (χ3n) is 5.01. The number of carbonyl (C=O) groups excluding carboxylic acids is 1. The minimum atomic E-state index is -0.648. The van der Waals surface area contributed by atoms with Gasteiger partial charge >= 0.3 is 0 Å². The smallest absolute Gasteiger partial charge is 0.271 e. The number of para-hydroxylation sites is 1. The molecule has 2 atom stereocenters. The molecule has 136 valence electrons. The van der Waals surface area contributed by atoms with Crippen molar-refractivity contribution >= 4 is 11.6 Å². The average Bonchev–Trinajstić information content (AvgIpc) is 2.74. The Balaban J connectivity index is 1.73. The SMILES string of the molecule is COc1ccc(N2C(=O)C(Oc3ccccc3)C2(C)c2ccncc2)cc1. The van der Waals surface area contributed by atoms with Gasteiger partial charge in [0.15, 0.2) is 0 Å². The van der Waals surface area contributed by atoms with E-state index in [1.807, 2.05) is 73.7 Å². The Kier molecular flexibility index (Phi) is 4.28. The lowest BCUT2D eigenvalue weighted by Gasteiger charge is -2.55. The van der Waals surface area contributed by atoms with E-state index in [1.54, 1.807) is 24.4 Å². The Bertz CT molecular complexity index is 929. The standard InChI is InChI=1S/C22H20N2O3/c1-22(16-12-14-23-15-13-16)20(27-19-6-4-3-5-7-19)21(25)24(22)17-8-10-18(26-2)11-9-17/h3-15,20H,1-2H3. The number of methoxy groups -OCH3 is 1. The van der Waals surface area contributed by atoms with Crippen molar-refractivity contribution in [3.8, 4) is 11.5 Å². The van der Waals surface area contributed by atoms with Gasteiger partial charge in [-0.3, -0.25) is 14.7 Å². The van der Waals surface area contributed by atoms with Gasteiger partial charge in [-0.2, -0.15) is 0 Å². The molecule has 1 aliphatic heterocycles. The number of pyridine rings is 1. The molecule has 0 bridgehead atoms. The Hall–Kier alpha value is -3.34. The van der Waals surface area contributed by atoms with Crippen LogP contribution in [0.5, 0.6) is 11.5 Å². The molecule has 0 radical (unpaired) electrons. The van der Waals surface area contributed by atoms with Gasteiger partial charge in [-0.1, -0.05) is 18.2 Å². The Morgan fingerprint density at radius 3 is 2.22 bits per heavy atom. The first-order valence-electron chi connectivity index (χ1n) is 8.75. The first-order chi connectivity index (χ1) is 13.1. The molecule has 2 heterocycles. The fourth-order valence-corrected chi connectivity index (χ4v) is 3.53. The summed E-state index contributed by atoms with van der Waals surface area (Å²) in [6.07, 6.45) is 2.84. The molecule has 0 N–H and O–H groups in total. The van der Waals surface area contributed by atoms with Crippen molar-refractivity contribution in [2.45, 2.75) is 18.6 Å². The predicted molar refractivity (Wildman–Crippen MR) is 103 cm³/mol.